The topological polar surface area (TPSA) is 120 Å². The molecular weight excluding hydrogens is 507 g/mol. The molecule has 0 aromatic heterocycles. The van der Waals surface area contributed by atoms with Crippen LogP contribution in [0.25, 0.3) is 6.08 Å². The minimum atomic E-state index is -0.880. The van der Waals surface area contributed by atoms with Gasteiger partial charge in [0.1, 0.15) is 11.3 Å². The molecule has 0 saturated carbocycles. The first-order valence-corrected chi connectivity index (χ1v) is 9.52. The second-order valence-electron chi connectivity index (χ2n) is 5.95. The summed E-state index contributed by atoms with van der Waals surface area (Å²) in [6.07, 6.45) is 1.30. The fourth-order valence-electron chi connectivity index (χ4n) is 2.57. The van der Waals surface area contributed by atoms with Crippen LogP contribution in [0.5, 0.6) is 17.2 Å². The van der Waals surface area contributed by atoms with Crippen LogP contribution in [0.1, 0.15) is 15.9 Å². The zero-order valence-corrected chi connectivity index (χ0v) is 17.9. The number of nitrogens with one attached hydrogen (secondary N) is 2. The highest BCUT2D eigenvalue weighted by molar-refractivity contribution is 14.1. The molecule has 30 heavy (non-hydrogen) atoms. The molecule has 0 atom stereocenters. The number of barbiturate groups is 1. The summed E-state index contributed by atoms with van der Waals surface area (Å²) in [6.45, 7) is 0. The molecule has 0 unspecified atom stereocenters. The minimum absolute atomic E-state index is 0.189. The predicted molar refractivity (Wildman–Crippen MR) is 113 cm³/mol. The minimum Gasteiger partial charge on any atom is -0.497 e. The number of methoxy groups -OCH3 is 2. The van der Waals surface area contributed by atoms with Crippen LogP contribution >= 0.6 is 22.6 Å². The lowest BCUT2D eigenvalue weighted by atomic mass is 10.1. The maximum Gasteiger partial charge on any atom is 0.343 e. The van der Waals surface area contributed by atoms with Gasteiger partial charge in [-0.05, 0) is 70.6 Å². The monoisotopic (exact) mass is 522 g/mol. The number of amides is 4. The van der Waals surface area contributed by atoms with Gasteiger partial charge >= 0.3 is 12.0 Å². The summed E-state index contributed by atoms with van der Waals surface area (Å²) in [5.74, 6) is -1.20. The number of hydrogen-bond acceptors (Lipinski definition) is 7. The van der Waals surface area contributed by atoms with E-state index in [9.17, 15) is 19.2 Å². The zero-order valence-electron chi connectivity index (χ0n) is 15.8. The lowest BCUT2D eigenvalue weighted by molar-refractivity contribution is -0.123. The molecule has 1 aliphatic heterocycles. The third-order valence-corrected chi connectivity index (χ3v) is 4.83. The van der Waals surface area contributed by atoms with Crippen molar-refractivity contribution in [2.45, 2.75) is 0 Å². The van der Waals surface area contributed by atoms with Gasteiger partial charge in [0.05, 0.1) is 23.4 Å². The van der Waals surface area contributed by atoms with Gasteiger partial charge < -0.3 is 14.2 Å². The Hall–Kier alpha value is -3.41. The van der Waals surface area contributed by atoms with Crippen LogP contribution in [0, 0.1) is 3.57 Å². The number of carbonyl (C=O) groups is 4. The Balaban J connectivity index is 1.89. The van der Waals surface area contributed by atoms with Gasteiger partial charge in [-0.25, -0.2) is 9.59 Å². The van der Waals surface area contributed by atoms with Crippen LogP contribution in [0.15, 0.2) is 42.0 Å². The molecule has 10 heteroatoms. The first-order chi connectivity index (χ1) is 14.3. The van der Waals surface area contributed by atoms with Crippen LogP contribution in [-0.4, -0.2) is 38.0 Å². The molecule has 0 aliphatic carbocycles. The number of ether oxygens (including phenoxy) is 3. The van der Waals surface area contributed by atoms with Gasteiger partial charge in [-0.2, -0.15) is 0 Å². The van der Waals surface area contributed by atoms with E-state index in [4.69, 9.17) is 14.2 Å². The van der Waals surface area contributed by atoms with E-state index in [-0.39, 0.29) is 17.1 Å². The maximum atomic E-state index is 12.5. The van der Waals surface area contributed by atoms with Crippen molar-refractivity contribution in [3.63, 3.8) is 0 Å². The second-order valence-corrected chi connectivity index (χ2v) is 7.11. The molecule has 9 nitrogen and oxygen atoms in total. The maximum absolute atomic E-state index is 12.5. The van der Waals surface area contributed by atoms with Crippen molar-refractivity contribution in [3.05, 3.63) is 56.7 Å². The number of carbonyl (C=O) groups excluding carboxylic acids is 4. The lowest BCUT2D eigenvalue weighted by Crippen LogP contribution is -2.51. The molecule has 154 valence electrons. The third kappa shape index (κ3) is 4.59. The van der Waals surface area contributed by atoms with Crippen LogP contribution < -0.4 is 24.8 Å². The van der Waals surface area contributed by atoms with E-state index in [1.54, 1.807) is 30.3 Å². The SMILES string of the molecule is COc1ccc(C(=O)Oc2c(I)cc(C=C3C(=O)NC(=O)NC3=O)cc2OC)cc1. The third-order valence-electron chi connectivity index (χ3n) is 4.03. The second kappa shape index (κ2) is 8.95. The Kier molecular flexibility index (Phi) is 6.35. The van der Waals surface area contributed by atoms with Crippen molar-refractivity contribution in [1.29, 1.82) is 0 Å². The summed E-state index contributed by atoms with van der Waals surface area (Å²) in [4.78, 5) is 47.5. The number of benzene rings is 2. The van der Waals surface area contributed by atoms with Crippen molar-refractivity contribution >= 4 is 52.5 Å². The van der Waals surface area contributed by atoms with Crippen LogP contribution in [0.3, 0.4) is 0 Å². The van der Waals surface area contributed by atoms with E-state index in [0.29, 0.717) is 20.4 Å². The van der Waals surface area contributed by atoms with E-state index in [1.165, 1.54) is 26.4 Å². The van der Waals surface area contributed by atoms with Crippen molar-refractivity contribution < 1.29 is 33.4 Å². The summed E-state index contributed by atoms with van der Waals surface area (Å²) in [5, 5.41) is 4.00. The predicted octanol–water partition coefficient (Wildman–Crippen LogP) is 2.28. The highest BCUT2D eigenvalue weighted by Gasteiger charge is 2.28. The number of imide groups is 2. The Bertz CT molecular complexity index is 1060. The molecule has 1 fully saturated rings. The first-order valence-electron chi connectivity index (χ1n) is 8.44. The lowest BCUT2D eigenvalue weighted by Gasteiger charge is -2.15. The molecule has 1 aliphatic rings. The van der Waals surface area contributed by atoms with Gasteiger partial charge in [-0.3, -0.25) is 20.2 Å². The van der Waals surface area contributed by atoms with Gasteiger partial charge in [0.2, 0.25) is 0 Å². The molecule has 1 saturated heterocycles. The molecular formula is C20H15IN2O7. The molecule has 4 amide bonds. The Morgan fingerprint density at radius 2 is 1.60 bits per heavy atom. The van der Waals surface area contributed by atoms with E-state index < -0.39 is 23.8 Å². The number of rotatable bonds is 5. The van der Waals surface area contributed by atoms with Gasteiger partial charge in [-0.15, -0.1) is 0 Å². The van der Waals surface area contributed by atoms with Crippen molar-refractivity contribution in [2.24, 2.45) is 0 Å². The number of hydrogen-bond donors (Lipinski definition) is 2. The normalized spacial score (nSPS) is 13.3. The smallest absolute Gasteiger partial charge is 0.343 e. The first kappa shape index (κ1) is 21.3. The number of esters is 1. The number of halogens is 1. The summed E-state index contributed by atoms with van der Waals surface area (Å²) in [5.41, 5.74) is 0.519. The summed E-state index contributed by atoms with van der Waals surface area (Å²) in [6, 6.07) is 8.64. The van der Waals surface area contributed by atoms with E-state index in [2.05, 4.69) is 0 Å². The fourth-order valence-corrected chi connectivity index (χ4v) is 3.31. The standard InChI is InChI=1S/C20H15IN2O7/c1-28-12-5-3-11(4-6-12)19(26)30-16-14(21)8-10(9-15(16)29-2)7-13-17(24)22-20(27)23-18(13)25/h3-9H,1-2H3,(H2,22,23,24,25,27). The average Bonchev–Trinajstić information content (AvgIpc) is 2.72. The van der Waals surface area contributed by atoms with Crippen LogP contribution in [-0.2, 0) is 9.59 Å². The quantitative estimate of drug-likeness (QED) is 0.203. The Morgan fingerprint density at radius 1 is 0.967 bits per heavy atom. The summed E-state index contributed by atoms with van der Waals surface area (Å²) >= 11 is 1.95. The highest BCUT2D eigenvalue weighted by Crippen LogP contribution is 2.35. The van der Waals surface area contributed by atoms with Gasteiger partial charge in [-0.1, -0.05) is 0 Å². The molecule has 1 heterocycles. The Labute approximate surface area is 184 Å². The van der Waals surface area contributed by atoms with E-state index in [1.807, 2.05) is 33.2 Å². The van der Waals surface area contributed by atoms with Crippen molar-refractivity contribution in [2.75, 3.05) is 14.2 Å². The van der Waals surface area contributed by atoms with Crippen LogP contribution in [0.4, 0.5) is 4.79 Å². The highest BCUT2D eigenvalue weighted by atomic mass is 127. The van der Waals surface area contributed by atoms with Crippen LogP contribution in [0.2, 0.25) is 0 Å². The fraction of sp³-hybridized carbons (Fsp3) is 0.100. The molecule has 0 bridgehead atoms. The largest absolute Gasteiger partial charge is 0.497 e. The van der Waals surface area contributed by atoms with Gasteiger partial charge in [0, 0.05) is 0 Å². The molecule has 2 N–H and O–H groups in total. The zero-order chi connectivity index (χ0) is 21.8. The molecule has 0 radical (unpaired) electrons. The number of urea groups is 1. The van der Waals surface area contributed by atoms with Crippen molar-refractivity contribution in [1.82, 2.24) is 10.6 Å². The summed E-state index contributed by atoms with van der Waals surface area (Å²) < 4.78 is 16.4. The van der Waals surface area contributed by atoms with Gasteiger partial charge in [0.25, 0.3) is 11.8 Å². The molecule has 0 spiro atoms. The van der Waals surface area contributed by atoms with E-state index >= 15 is 0 Å². The molecule has 2 aromatic rings. The molecule has 3 rings (SSSR count). The average molecular weight is 522 g/mol. The molecule has 2 aromatic carbocycles. The van der Waals surface area contributed by atoms with Crippen molar-refractivity contribution in [3.8, 4) is 17.2 Å². The summed E-state index contributed by atoms with van der Waals surface area (Å²) in [7, 11) is 2.92. The van der Waals surface area contributed by atoms with Gasteiger partial charge in [0.15, 0.2) is 11.5 Å². The Morgan fingerprint density at radius 3 is 2.17 bits per heavy atom. The van der Waals surface area contributed by atoms with E-state index in [0.717, 1.165) is 0 Å².